The first kappa shape index (κ1) is 16.0. The third kappa shape index (κ3) is 15.4. The summed E-state index contributed by atoms with van der Waals surface area (Å²) in [5.41, 5.74) is 0. The fourth-order valence-corrected chi connectivity index (χ4v) is 1.41. The molecule has 0 aliphatic carbocycles. The Labute approximate surface area is 93.4 Å². The minimum Gasteiger partial charge on any atom is -0.147 e. The molecule has 0 saturated carbocycles. The topological polar surface area (TPSA) is 26.3 Å². The minimum atomic E-state index is -1.38. The predicted molar refractivity (Wildman–Crippen MR) is 62.7 cm³/mol. The number of rotatable bonds is 7. The lowest BCUT2D eigenvalue weighted by Crippen LogP contribution is -1.90. The van der Waals surface area contributed by atoms with Crippen molar-refractivity contribution in [3.63, 3.8) is 0 Å². The number of hydrogen-bond donors (Lipinski definition) is 0. The molecular weight excluding hydrogens is 198 g/mol. The molecule has 2 nitrogen and oxygen atoms in total. The van der Waals surface area contributed by atoms with E-state index in [1.807, 2.05) is 0 Å². The lowest BCUT2D eigenvalue weighted by atomic mass is 10.1. The summed E-state index contributed by atoms with van der Waals surface area (Å²) < 4.78 is 15.5. The van der Waals surface area contributed by atoms with E-state index in [9.17, 15) is 4.57 Å². The van der Waals surface area contributed by atoms with Crippen LogP contribution in [0.4, 0.5) is 0 Å². The van der Waals surface area contributed by atoms with Crippen molar-refractivity contribution in [2.24, 2.45) is 5.92 Å². The van der Waals surface area contributed by atoms with Crippen LogP contribution in [0, 0.1) is 5.92 Å². The molecule has 0 amide bonds. The van der Waals surface area contributed by atoms with Gasteiger partial charge in [0.25, 0.3) is 0 Å². The van der Waals surface area contributed by atoms with Gasteiger partial charge in [-0.25, -0.2) is 0 Å². The summed E-state index contributed by atoms with van der Waals surface area (Å²) in [4.78, 5) is 0. The Morgan fingerprint density at radius 3 is 2.31 bits per heavy atom. The zero-order chi connectivity index (χ0) is 9.40. The molecule has 0 spiro atoms. The van der Waals surface area contributed by atoms with Gasteiger partial charge in [0.1, 0.15) is 6.61 Å². The molecular formula is C9H23AlO2P+. The van der Waals surface area contributed by atoms with Crippen molar-refractivity contribution in [2.45, 2.75) is 39.5 Å². The SMILES string of the molecule is CC(C)CCCCCO[P+](C)=O.[AlH3]. The fraction of sp³-hybridized carbons (Fsp3) is 1.00. The molecule has 0 aliphatic heterocycles. The summed E-state index contributed by atoms with van der Waals surface area (Å²) >= 11 is 0. The molecule has 0 aromatic rings. The molecule has 0 aromatic heterocycles. The van der Waals surface area contributed by atoms with Crippen LogP contribution in [0.1, 0.15) is 39.5 Å². The average molecular weight is 221 g/mol. The minimum absolute atomic E-state index is 0. The standard InChI is InChI=1S/C9H20O2P.Al.3H/c1-9(2)7-5-4-6-8-11-12(3)10;;;;/h9H,4-8H2,1-3H3;;;;/q+1;;;;. The first-order valence-corrected chi connectivity index (χ1v) is 6.29. The monoisotopic (exact) mass is 221 g/mol. The summed E-state index contributed by atoms with van der Waals surface area (Å²) in [6.45, 7) is 6.73. The second-order valence-corrected chi connectivity index (χ2v) is 4.65. The summed E-state index contributed by atoms with van der Waals surface area (Å²) in [6.07, 6.45) is 4.79. The Hall–Kier alpha value is 0.592. The van der Waals surface area contributed by atoms with Crippen LogP contribution in [-0.2, 0) is 9.09 Å². The molecule has 0 bridgehead atoms. The van der Waals surface area contributed by atoms with Gasteiger partial charge in [-0.3, -0.25) is 0 Å². The van der Waals surface area contributed by atoms with Gasteiger partial charge in [-0.1, -0.05) is 33.1 Å². The molecule has 13 heavy (non-hydrogen) atoms. The van der Waals surface area contributed by atoms with Gasteiger partial charge in [0.2, 0.25) is 0 Å². The van der Waals surface area contributed by atoms with Gasteiger partial charge >= 0.3 is 8.03 Å². The highest BCUT2D eigenvalue weighted by Crippen LogP contribution is 2.16. The Morgan fingerprint density at radius 1 is 1.23 bits per heavy atom. The first-order valence-electron chi connectivity index (χ1n) is 4.66. The van der Waals surface area contributed by atoms with Crippen molar-refractivity contribution < 1.29 is 9.09 Å². The summed E-state index contributed by atoms with van der Waals surface area (Å²) in [7, 11) is -1.38. The van der Waals surface area contributed by atoms with E-state index in [0.29, 0.717) is 6.61 Å². The third-order valence-corrected chi connectivity index (χ3v) is 2.25. The van der Waals surface area contributed by atoms with Gasteiger partial charge < -0.3 is 0 Å². The predicted octanol–water partition coefficient (Wildman–Crippen LogP) is 2.41. The second-order valence-electron chi connectivity index (χ2n) is 3.52. The normalized spacial score (nSPS) is 11.2. The molecule has 0 saturated heterocycles. The molecule has 0 aliphatic rings. The molecule has 0 radical (unpaired) electrons. The van der Waals surface area contributed by atoms with Gasteiger partial charge in [0.15, 0.2) is 24.0 Å². The van der Waals surface area contributed by atoms with Crippen LogP contribution < -0.4 is 0 Å². The molecule has 0 heterocycles. The number of hydrogen-bond acceptors (Lipinski definition) is 2. The fourth-order valence-electron chi connectivity index (χ4n) is 1.02. The molecule has 0 N–H and O–H groups in total. The molecule has 78 valence electrons. The lowest BCUT2D eigenvalue weighted by Gasteiger charge is -2.01. The van der Waals surface area contributed by atoms with Crippen LogP contribution in [0.3, 0.4) is 0 Å². The Bertz CT molecular complexity index is 129. The highest BCUT2D eigenvalue weighted by atomic mass is 31.1. The zero-order valence-corrected chi connectivity index (χ0v) is 9.27. The van der Waals surface area contributed by atoms with E-state index in [2.05, 4.69) is 13.8 Å². The lowest BCUT2D eigenvalue weighted by molar-refractivity contribution is 0.317. The summed E-state index contributed by atoms with van der Waals surface area (Å²) in [5.74, 6) is 0.800. The third-order valence-electron chi connectivity index (χ3n) is 1.70. The number of unbranched alkanes of at least 4 members (excludes halogenated alkanes) is 2. The second kappa shape index (κ2) is 10.7. The van der Waals surface area contributed by atoms with Gasteiger partial charge in [0.05, 0.1) is 0 Å². The van der Waals surface area contributed by atoms with Crippen LogP contribution in [0.15, 0.2) is 0 Å². The zero-order valence-electron chi connectivity index (χ0n) is 8.38. The van der Waals surface area contributed by atoms with Crippen molar-refractivity contribution >= 4 is 25.4 Å². The van der Waals surface area contributed by atoms with Crippen molar-refractivity contribution in [2.75, 3.05) is 13.3 Å². The highest BCUT2D eigenvalue weighted by Gasteiger charge is 2.04. The van der Waals surface area contributed by atoms with E-state index in [4.69, 9.17) is 4.52 Å². The average Bonchev–Trinajstić information content (AvgIpc) is 1.95. The van der Waals surface area contributed by atoms with Crippen LogP contribution >= 0.6 is 8.03 Å². The van der Waals surface area contributed by atoms with E-state index >= 15 is 0 Å². The van der Waals surface area contributed by atoms with Crippen LogP contribution in [0.2, 0.25) is 0 Å². The molecule has 1 unspecified atom stereocenters. The summed E-state index contributed by atoms with van der Waals surface area (Å²) in [5, 5.41) is 0. The van der Waals surface area contributed by atoms with Crippen LogP contribution in [0.25, 0.3) is 0 Å². The van der Waals surface area contributed by atoms with Crippen LogP contribution in [0.5, 0.6) is 0 Å². The Kier molecular flexibility index (Phi) is 13.2. The maximum Gasteiger partial charge on any atom is 0.504 e. The van der Waals surface area contributed by atoms with E-state index in [0.717, 1.165) is 12.3 Å². The Balaban J connectivity index is 0. The van der Waals surface area contributed by atoms with E-state index in [1.165, 1.54) is 19.3 Å². The molecule has 4 heteroatoms. The quantitative estimate of drug-likeness (QED) is 0.375. The largest absolute Gasteiger partial charge is 0.504 e. The molecule has 0 aromatic carbocycles. The molecule has 0 fully saturated rings. The van der Waals surface area contributed by atoms with E-state index < -0.39 is 8.03 Å². The van der Waals surface area contributed by atoms with Crippen molar-refractivity contribution in [1.29, 1.82) is 0 Å². The van der Waals surface area contributed by atoms with Gasteiger partial charge in [-0.15, -0.1) is 4.52 Å². The van der Waals surface area contributed by atoms with Crippen molar-refractivity contribution in [1.82, 2.24) is 0 Å². The van der Waals surface area contributed by atoms with Gasteiger partial charge in [0, 0.05) is 0 Å². The van der Waals surface area contributed by atoms with Crippen molar-refractivity contribution in [3.8, 4) is 0 Å². The first-order chi connectivity index (χ1) is 5.63. The molecule has 0 rings (SSSR count). The van der Waals surface area contributed by atoms with Crippen LogP contribution in [-0.4, -0.2) is 30.6 Å². The molecule has 1 atom stereocenters. The highest BCUT2D eigenvalue weighted by molar-refractivity contribution is 7.38. The van der Waals surface area contributed by atoms with Gasteiger partial charge in [-0.2, -0.15) is 0 Å². The van der Waals surface area contributed by atoms with E-state index in [-0.39, 0.29) is 17.4 Å². The smallest absolute Gasteiger partial charge is 0.147 e. The van der Waals surface area contributed by atoms with Crippen molar-refractivity contribution in [3.05, 3.63) is 0 Å². The maximum absolute atomic E-state index is 10.5. The Morgan fingerprint density at radius 2 is 1.85 bits per heavy atom. The maximum atomic E-state index is 10.5. The van der Waals surface area contributed by atoms with E-state index in [1.54, 1.807) is 6.66 Å². The van der Waals surface area contributed by atoms with Gasteiger partial charge in [-0.05, 0) is 16.9 Å². The summed E-state index contributed by atoms with van der Waals surface area (Å²) in [6, 6.07) is 0.